The molecule has 8 heteroatoms. The number of hydrogen-bond donors (Lipinski definition) is 1. The van der Waals surface area contributed by atoms with Crippen molar-refractivity contribution in [3.05, 3.63) is 35.5 Å². The van der Waals surface area contributed by atoms with Crippen molar-refractivity contribution in [1.82, 2.24) is 25.4 Å². The lowest BCUT2D eigenvalue weighted by atomic mass is 10.3. The van der Waals surface area contributed by atoms with Crippen molar-refractivity contribution in [3.63, 3.8) is 0 Å². The van der Waals surface area contributed by atoms with Crippen molar-refractivity contribution in [1.29, 1.82) is 0 Å². The molecule has 2 aromatic rings. The number of ether oxygens (including phenoxy) is 1. The van der Waals surface area contributed by atoms with Crippen LogP contribution in [0, 0.1) is 0 Å². The predicted octanol–water partition coefficient (Wildman–Crippen LogP) is 0.856. The number of aromatic nitrogens is 4. The molecule has 2 aromatic heterocycles. The maximum Gasteiger partial charge on any atom is 0.254 e. The minimum atomic E-state index is -0.265. The average Bonchev–Trinajstić information content (AvgIpc) is 3.30. The SMILES string of the molecule is COCCc1noc(CNC(=O)c2cnc(C3CC3)nc2)n1. The molecule has 1 amide bonds. The second-order valence-corrected chi connectivity index (χ2v) is 5.13. The third kappa shape index (κ3) is 3.64. The van der Waals surface area contributed by atoms with Crippen LogP contribution in [0.3, 0.4) is 0 Å². The molecule has 1 saturated carbocycles. The van der Waals surface area contributed by atoms with Gasteiger partial charge in [-0.3, -0.25) is 4.79 Å². The van der Waals surface area contributed by atoms with Gasteiger partial charge in [0.2, 0.25) is 5.89 Å². The zero-order chi connectivity index (χ0) is 15.4. The van der Waals surface area contributed by atoms with Gasteiger partial charge in [0.05, 0.1) is 18.7 Å². The van der Waals surface area contributed by atoms with Gasteiger partial charge >= 0.3 is 0 Å². The smallest absolute Gasteiger partial charge is 0.254 e. The van der Waals surface area contributed by atoms with Gasteiger partial charge in [-0.25, -0.2) is 9.97 Å². The molecule has 0 unspecified atom stereocenters. The summed E-state index contributed by atoms with van der Waals surface area (Å²) in [4.78, 5) is 24.6. The van der Waals surface area contributed by atoms with E-state index in [9.17, 15) is 4.79 Å². The first-order valence-corrected chi connectivity index (χ1v) is 7.17. The Kier molecular flexibility index (Phi) is 4.38. The molecule has 0 saturated heterocycles. The summed E-state index contributed by atoms with van der Waals surface area (Å²) in [5.74, 6) is 1.94. The van der Waals surface area contributed by atoms with E-state index >= 15 is 0 Å². The second-order valence-electron chi connectivity index (χ2n) is 5.13. The van der Waals surface area contributed by atoms with E-state index in [1.807, 2.05) is 0 Å². The molecular formula is C14H17N5O3. The Bertz CT molecular complexity index is 636. The fourth-order valence-electron chi connectivity index (χ4n) is 1.92. The van der Waals surface area contributed by atoms with Crippen LogP contribution >= 0.6 is 0 Å². The van der Waals surface area contributed by atoms with Crippen LogP contribution in [0.25, 0.3) is 0 Å². The summed E-state index contributed by atoms with van der Waals surface area (Å²) >= 11 is 0. The van der Waals surface area contributed by atoms with E-state index in [0.29, 0.717) is 36.2 Å². The van der Waals surface area contributed by atoms with Crippen LogP contribution in [0.4, 0.5) is 0 Å². The normalized spacial score (nSPS) is 14.0. The molecule has 1 fully saturated rings. The highest BCUT2D eigenvalue weighted by molar-refractivity contribution is 5.93. The molecule has 116 valence electrons. The van der Waals surface area contributed by atoms with Gasteiger partial charge in [-0.1, -0.05) is 5.16 Å². The summed E-state index contributed by atoms with van der Waals surface area (Å²) in [6, 6.07) is 0. The number of carbonyl (C=O) groups excluding carboxylic acids is 1. The van der Waals surface area contributed by atoms with E-state index in [4.69, 9.17) is 9.26 Å². The van der Waals surface area contributed by atoms with Gasteiger partial charge in [-0.05, 0) is 12.8 Å². The number of amides is 1. The van der Waals surface area contributed by atoms with E-state index in [1.165, 1.54) is 0 Å². The molecule has 0 atom stereocenters. The zero-order valence-electron chi connectivity index (χ0n) is 12.3. The van der Waals surface area contributed by atoms with Crippen LogP contribution in [-0.2, 0) is 17.7 Å². The topological polar surface area (TPSA) is 103 Å². The minimum absolute atomic E-state index is 0.170. The van der Waals surface area contributed by atoms with E-state index in [0.717, 1.165) is 18.7 Å². The molecular weight excluding hydrogens is 286 g/mol. The molecule has 22 heavy (non-hydrogen) atoms. The van der Waals surface area contributed by atoms with Gasteiger partial charge < -0.3 is 14.6 Å². The first kappa shape index (κ1) is 14.6. The number of hydrogen-bond acceptors (Lipinski definition) is 7. The van der Waals surface area contributed by atoms with Gasteiger partial charge in [0.1, 0.15) is 5.82 Å². The van der Waals surface area contributed by atoms with Gasteiger partial charge in [-0.15, -0.1) is 0 Å². The lowest BCUT2D eigenvalue weighted by molar-refractivity contribution is 0.0945. The van der Waals surface area contributed by atoms with Crippen molar-refractivity contribution < 1.29 is 14.1 Å². The highest BCUT2D eigenvalue weighted by atomic mass is 16.5. The maximum atomic E-state index is 12.0. The highest BCUT2D eigenvalue weighted by Crippen LogP contribution is 2.37. The van der Waals surface area contributed by atoms with Crippen LogP contribution < -0.4 is 5.32 Å². The largest absolute Gasteiger partial charge is 0.384 e. The summed E-state index contributed by atoms with van der Waals surface area (Å²) in [7, 11) is 1.61. The van der Waals surface area contributed by atoms with Crippen molar-refractivity contribution >= 4 is 5.91 Å². The number of nitrogens with one attached hydrogen (secondary N) is 1. The molecule has 0 aromatic carbocycles. The van der Waals surface area contributed by atoms with Crippen LogP contribution in [-0.4, -0.2) is 39.7 Å². The number of carbonyl (C=O) groups is 1. The third-order valence-electron chi connectivity index (χ3n) is 3.32. The van der Waals surface area contributed by atoms with Crippen molar-refractivity contribution in [2.75, 3.05) is 13.7 Å². The molecule has 1 N–H and O–H groups in total. The average molecular weight is 303 g/mol. The third-order valence-corrected chi connectivity index (χ3v) is 3.32. The van der Waals surface area contributed by atoms with E-state index in [-0.39, 0.29) is 12.5 Å². The Labute approximate surface area is 127 Å². The summed E-state index contributed by atoms with van der Waals surface area (Å²) in [6.07, 6.45) is 5.94. The Balaban J connectivity index is 1.51. The quantitative estimate of drug-likeness (QED) is 0.809. The molecule has 0 spiro atoms. The molecule has 0 bridgehead atoms. The Morgan fingerprint density at radius 1 is 1.41 bits per heavy atom. The Morgan fingerprint density at radius 3 is 2.86 bits per heavy atom. The lowest BCUT2D eigenvalue weighted by Crippen LogP contribution is -2.23. The summed E-state index contributed by atoms with van der Waals surface area (Å²) in [5.41, 5.74) is 0.420. The fourth-order valence-corrected chi connectivity index (χ4v) is 1.92. The van der Waals surface area contributed by atoms with Gasteiger partial charge in [-0.2, -0.15) is 4.98 Å². The van der Waals surface area contributed by atoms with Crippen molar-refractivity contribution in [3.8, 4) is 0 Å². The first-order valence-electron chi connectivity index (χ1n) is 7.17. The van der Waals surface area contributed by atoms with Crippen molar-refractivity contribution in [2.45, 2.75) is 31.7 Å². The molecule has 8 nitrogen and oxygen atoms in total. The molecule has 0 aliphatic heterocycles. The molecule has 0 radical (unpaired) electrons. The molecule has 1 aliphatic rings. The standard InChI is InChI=1S/C14H17N5O3/c1-21-5-4-11-18-12(22-19-11)8-17-14(20)10-6-15-13(16-7-10)9-2-3-9/h6-7,9H,2-5,8H2,1H3,(H,17,20). The molecule has 3 rings (SSSR count). The number of rotatable bonds is 7. The van der Waals surface area contributed by atoms with Crippen LogP contribution in [0.5, 0.6) is 0 Å². The van der Waals surface area contributed by atoms with Gasteiger partial charge in [0, 0.05) is 31.8 Å². The van der Waals surface area contributed by atoms with E-state index in [2.05, 4.69) is 25.4 Å². The maximum absolute atomic E-state index is 12.0. The van der Waals surface area contributed by atoms with E-state index < -0.39 is 0 Å². The van der Waals surface area contributed by atoms with Gasteiger partial charge in [0.25, 0.3) is 5.91 Å². The minimum Gasteiger partial charge on any atom is -0.384 e. The monoisotopic (exact) mass is 303 g/mol. The zero-order valence-corrected chi connectivity index (χ0v) is 12.3. The summed E-state index contributed by atoms with van der Waals surface area (Å²) < 4.78 is 9.98. The highest BCUT2D eigenvalue weighted by Gasteiger charge is 2.26. The van der Waals surface area contributed by atoms with Crippen LogP contribution in [0.15, 0.2) is 16.9 Å². The van der Waals surface area contributed by atoms with Crippen LogP contribution in [0.2, 0.25) is 0 Å². The van der Waals surface area contributed by atoms with Crippen LogP contribution in [0.1, 0.15) is 46.7 Å². The first-order chi connectivity index (χ1) is 10.8. The number of nitrogens with zero attached hydrogens (tertiary/aromatic N) is 4. The van der Waals surface area contributed by atoms with Crippen molar-refractivity contribution in [2.24, 2.45) is 0 Å². The Morgan fingerprint density at radius 2 is 2.18 bits per heavy atom. The number of methoxy groups -OCH3 is 1. The molecule has 2 heterocycles. The summed E-state index contributed by atoms with van der Waals surface area (Å²) in [6.45, 7) is 0.694. The van der Waals surface area contributed by atoms with E-state index in [1.54, 1.807) is 19.5 Å². The Hall–Kier alpha value is -2.35. The molecule has 1 aliphatic carbocycles. The predicted molar refractivity (Wildman–Crippen MR) is 75.1 cm³/mol. The summed E-state index contributed by atoms with van der Waals surface area (Å²) in [5, 5.41) is 6.50. The van der Waals surface area contributed by atoms with Gasteiger partial charge in [0.15, 0.2) is 5.82 Å². The fraction of sp³-hybridized carbons (Fsp3) is 0.500. The second kappa shape index (κ2) is 6.61. The lowest BCUT2D eigenvalue weighted by Gasteiger charge is -2.02.